The van der Waals surface area contributed by atoms with Crippen LogP contribution in [0.15, 0.2) is 58.5 Å². The molecule has 0 fully saturated rings. The summed E-state index contributed by atoms with van der Waals surface area (Å²) in [6.07, 6.45) is 0.352. The molecule has 0 aliphatic rings. The number of carbonyl (C=O) groups is 1. The van der Waals surface area contributed by atoms with Crippen LogP contribution < -0.4 is 10.9 Å². The maximum Gasteiger partial charge on any atom is 0.278 e. The Morgan fingerprint density at radius 2 is 1.93 bits per heavy atom. The second-order valence-corrected chi connectivity index (χ2v) is 7.00. The lowest BCUT2D eigenvalue weighted by Gasteiger charge is -2.10. The fourth-order valence-corrected chi connectivity index (χ4v) is 3.25. The summed E-state index contributed by atoms with van der Waals surface area (Å²) in [5, 5.41) is 11.5. The summed E-state index contributed by atoms with van der Waals surface area (Å²) in [6.45, 7) is 3.69. The predicted octanol–water partition coefficient (Wildman–Crippen LogP) is 3.78. The number of H-pyrrole nitrogens is 1. The smallest absolute Gasteiger partial charge is 0.278 e. The number of benzene rings is 2. The van der Waals surface area contributed by atoms with E-state index in [1.165, 1.54) is 11.8 Å². The minimum atomic E-state index is -0.335. The molecule has 1 amide bonds. The highest BCUT2D eigenvalue weighted by Gasteiger charge is 2.14. The molecule has 0 radical (unpaired) electrons. The van der Waals surface area contributed by atoms with Gasteiger partial charge in [0.1, 0.15) is 0 Å². The van der Waals surface area contributed by atoms with Gasteiger partial charge in [-0.2, -0.15) is 0 Å². The van der Waals surface area contributed by atoms with E-state index in [1.807, 2.05) is 49.4 Å². The van der Waals surface area contributed by atoms with Crippen molar-refractivity contribution in [2.24, 2.45) is 0 Å². The fourth-order valence-electron chi connectivity index (χ4n) is 2.49. The molecule has 0 aliphatic heterocycles. The number of rotatable bonds is 6. The number of aromatic nitrogens is 3. The van der Waals surface area contributed by atoms with Gasteiger partial charge < -0.3 is 5.32 Å². The van der Waals surface area contributed by atoms with Crippen LogP contribution in [0.4, 0.5) is 5.69 Å². The lowest BCUT2D eigenvalue weighted by atomic mass is 10.1. The number of hydrogen-bond acceptors (Lipinski definition) is 5. The van der Waals surface area contributed by atoms with Crippen LogP contribution in [0.1, 0.15) is 24.5 Å². The Kier molecular flexibility index (Phi) is 6.03. The maximum absolute atomic E-state index is 12.6. The van der Waals surface area contributed by atoms with Crippen LogP contribution >= 0.6 is 11.8 Å². The van der Waals surface area contributed by atoms with Crippen LogP contribution in [0.25, 0.3) is 11.3 Å². The van der Waals surface area contributed by atoms with Gasteiger partial charge in [0.2, 0.25) is 5.91 Å². The minimum absolute atomic E-state index is 0.125. The second kappa shape index (κ2) is 8.64. The molecule has 3 rings (SSSR count). The molecular weight excluding hydrogens is 360 g/mol. The topological polar surface area (TPSA) is 87.7 Å². The van der Waals surface area contributed by atoms with Gasteiger partial charge in [-0.1, -0.05) is 60.6 Å². The van der Waals surface area contributed by atoms with Gasteiger partial charge in [-0.15, -0.1) is 10.2 Å². The first-order valence-electron chi connectivity index (χ1n) is 8.61. The molecular formula is C20H20N4O2S. The molecule has 2 aromatic carbocycles. The molecule has 27 heavy (non-hydrogen) atoms. The van der Waals surface area contributed by atoms with Gasteiger partial charge >= 0.3 is 0 Å². The Balaban J connectivity index is 1.86. The summed E-state index contributed by atoms with van der Waals surface area (Å²) in [7, 11) is 0. The van der Waals surface area contributed by atoms with Gasteiger partial charge in [-0.3, -0.25) is 14.6 Å². The number of aryl methyl sites for hydroxylation is 1. The van der Waals surface area contributed by atoms with Crippen LogP contribution in [0.2, 0.25) is 0 Å². The zero-order valence-corrected chi connectivity index (χ0v) is 16.0. The molecule has 0 atom stereocenters. The number of thioether (sulfide) groups is 1. The van der Waals surface area contributed by atoms with E-state index >= 15 is 0 Å². The minimum Gasteiger partial charge on any atom is -0.325 e. The number of carbonyl (C=O) groups excluding carboxylic acids is 1. The van der Waals surface area contributed by atoms with E-state index in [4.69, 9.17) is 0 Å². The van der Waals surface area contributed by atoms with Crippen molar-refractivity contribution in [2.75, 3.05) is 5.32 Å². The molecule has 0 saturated carbocycles. The summed E-state index contributed by atoms with van der Waals surface area (Å²) in [5.41, 5.74) is 3.06. The number of anilines is 1. The van der Waals surface area contributed by atoms with E-state index in [0.717, 1.165) is 11.1 Å². The number of nitrogens with one attached hydrogen (secondary N) is 2. The Morgan fingerprint density at radius 1 is 1.15 bits per heavy atom. The predicted molar refractivity (Wildman–Crippen MR) is 108 cm³/mol. The van der Waals surface area contributed by atoms with Crippen LogP contribution in [-0.4, -0.2) is 21.1 Å². The van der Waals surface area contributed by atoms with Crippen molar-refractivity contribution in [3.05, 3.63) is 70.0 Å². The Morgan fingerprint density at radius 3 is 2.63 bits per heavy atom. The Bertz CT molecular complexity index is 1000. The van der Waals surface area contributed by atoms with Gasteiger partial charge in [0.25, 0.3) is 5.56 Å². The highest BCUT2D eigenvalue weighted by Crippen LogP contribution is 2.26. The molecule has 0 bridgehead atoms. The third-order valence-corrected chi connectivity index (χ3v) is 4.85. The molecule has 0 unspecified atom stereocenters. The molecule has 0 aliphatic carbocycles. The second-order valence-electron chi connectivity index (χ2n) is 6.03. The van der Waals surface area contributed by atoms with Crippen molar-refractivity contribution in [1.82, 2.24) is 15.2 Å². The van der Waals surface area contributed by atoms with Crippen molar-refractivity contribution < 1.29 is 4.79 Å². The van der Waals surface area contributed by atoms with Crippen molar-refractivity contribution in [3.63, 3.8) is 0 Å². The SMILES string of the molecule is CCC(=O)Nc1ccc(C)cc1-c1nnc(SCc2ccccc2)[nH]c1=O. The first kappa shape index (κ1) is 18.8. The van der Waals surface area contributed by atoms with Crippen LogP contribution in [0, 0.1) is 6.92 Å². The molecule has 3 aromatic rings. The van der Waals surface area contributed by atoms with E-state index in [-0.39, 0.29) is 17.2 Å². The van der Waals surface area contributed by atoms with E-state index in [9.17, 15) is 9.59 Å². The normalized spacial score (nSPS) is 10.6. The highest BCUT2D eigenvalue weighted by molar-refractivity contribution is 7.98. The van der Waals surface area contributed by atoms with Crippen LogP contribution in [-0.2, 0) is 10.5 Å². The summed E-state index contributed by atoms with van der Waals surface area (Å²) < 4.78 is 0. The van der Waals surface area contributed by atoms with Crippen molar-refractivity contribution in [2.45, 2.75) is 31.2 Å². The van der Waals surface area contributed by atoms with Crippen molar-refractivity contribution >= 4 is 23.4 Å². The number of nitrogens with zero attached hydrogens (tertiary/aromatic N) is 2. The molecule has 1 heterocycles. The van der Waals surface area contributed by atoms with Crippen molar-refractivity contribution in [1.29, 1.82) is 0 Å². The van der Waals surface area contributed by atoms with Crippen molar-refractivity contribution in [3.8, 4) is 11.3 Å². The van der Waals surface area contributed by atoms with E-state index in [2.05, 4.69) is 20.5 Å². The van der Waals surface area contributed by atoms with E-state index in [1.54, 1.807) is 13.0 Å². The Labute approximate surface area is 161 Å². The molecule has 1 aromatic heterocycles. The summed E-state index contributed by atoms with van der Waals surface area (Å²) >= 11 is 1.41. The lowest BCUT2D eigenvalue weighted by molar-refractivity contribution is -0.115. The third-order valence-electron chi connectivity index (χ3n) is 3.92. The molecule has 6 nitrogen and oxygen atoms in total. The van der Waals surface area contributed by atoms with Gasteiger partial charge in [-0.25, -0.2) is 0 Å². The van der Waals surface area contributed by atoms with Crippen LogP contribution in [0.5, 0.6) is 0 Å². The molecule has 0 saturated heterocycles. The largest absolute Gasteiger partial charge is 0.325 e. The third kappa shape index (κ3) is 4.83. The summed E-state index contributed by atoms with van der Waals surface area (Å²) in [5.74, 6) is 0.562. The number of hydrogen-bond donors (Lipinski definition) is 2. The number of amides is 1. The summed E-state index contributed by atoms with van der Waals surface area (Å²) in [4.78, 5) is 27.1. The zero-order valence-electron chi connectivity index (χ0n) is 15.2. The van der Waals surface area contributed by atoms with Gasteiger partial charge in [0.15, 0.2) is 10.9 Å². The number of aromatic amines is 1. The Hall–Kier alpha value is -2.93. The monoisotopic (exact) mass is 380 g/mol. The van der Waals surface area contributed by atoms with Gasteiger partial charge in [-0.05, 0) is 24.6 Å². The average Bonchev–Trinajstić information content (AvgIpc) is 2.68. The van der Waals surface area contributed by atoms with E-state index in [0.29, 0.717) is 28.6 Å². The van der Waals surface area contributed by atoms with Gasteiger partial charge in [0.05, 0.1) is 5.69 Å². The zero-order chi connectivity index (χ0) is 19.2. The molecule has 7 heteroatoms. The molecule has 2 N–H and O–H groups in total. The van der Waals surface area contributed by atoms with Crippen LogP contribution in [0.3, 0.4) is 0 Å². The highest BCUT2D eigenvalue weighted by atomic mass is 32.2. The summed E-state index contributed by atoms with van der Waals surface area (Å²) in [6, 6.07) is 15.4. The van der Waals surface area contributed by atoms with Gasteiger partial charge in [0, 0.05) is 17.7 Å². The van der Waals surface area contributed by atoms with E-state index < -0.39 is 0 Å². The maximum atomic E-state index is 12.6. The fraction of sp³-hybridized carbons (Fsp3) is 0.200. The first-order chi connectivity index (χ1) is 13.1. The first-order valence-corrected chi connectivity index (χ1v) is 9.60. The standard InChI is InChI=1S/C20H20N4O2S/c1-3-17(25)21-16-10-9-13(2)11-15(16)18-19(26)22-20(24-23-18)27-12-14-7-5-4-6-8-14/h4-11H,3,12H2,1-2H3,(H,21,25)(H,22,24,26). The molecule has 0 spiro atoms. The molecule has 138 valence electrons. The average molecular weight is 380 g/mol. The quantitative estimate of drug-likeness (QED) is 0.636. The lowest BCUT2D eigenvalue weighted by Crippen LogP contribution is -2.16.